The Balaban J connectivity index is 1.82. The Bertz CT molecular complexity index is 689. The van der Waals surface area contributed by atoms with E-state index in [1.807, 2.05) is 6.07 Å². The minimum Gasteiger partial charge on any atom is -0.396 e. The van der Waals surface area contributed by atoms with Gasteiger partial charge in [-0.3, -0.25) is 4.79 Å². The molecule has 1 heterocycles. The number of hydrogen-bond acceptors (Lipinski definition) is 4. The Morgan fingerprint density at radius 3 is 3.05 bits per heavy atom. The summed E-state index contributed by atoms with van der Waals surface area (Å²) in [5.41, 5.74) is 5.87. The first-order chi connectivity index (χ1) is 10.1. The van der Waals surface area contributed by atoms with Crippen molar-refractivity contribution in [2.45, 2.75) is 19.4 Å². The van der Waals surface area contributed by atoms with Crippen LogP contribution < -0.4 is 11.1 Å². The van der Waals surface area contributed by atoms with Crippen LogP contribution >= 0.6 is 0 Å². The Morgan fingerprint density at radius 2 is 2.33 bits per heavy atom. The van der Waals surface area contributed by atoms with Crippen LogP contribution in [0.2, 0.25) is 0 Å². The van der Waals surface area contributed by atoms with Gasteiger partial charge in [0.2, 0.25) is 11.7 Å². The molecule has 0 aliphatic heterocycles. The number of rotatable bonds is 5. The van der Waals surface area contributed by atoms with Crippen molar-refractivity contribution in [3.8, 4) is 6.07 Å². The number of nitrogens with one attached hydrogen (secondary N) is 1. The fraction of sp³-hybridized carbons (Fsp3) is 0.214. The summed E-state index contributed by atoms with van der Waals surface area (Å²) >= 11 is 0. The number of carbonyl (C=O) groups is 1. The van der Waals surface area contributed by atoms with Crippen molar-refractivity contribution in [2.24, 2.45) is 0 Å². The molecule has 0 saturated heterocycles. The lowest BCUT2D eigenvalue weighted by Gasteiger charge is -2.07. The van der Waals surface area contributed by atoms with Gasteiger partial charge in [-0.05, 0) is 24.6 Å². The molecule has 108 valence electrons. The predicted octanol–water partition coefficient (Wildman–Crippen LogP) is 1.89. The van der Waals surface area contributed by atoms with Crippen LogP contribution in [-0.4, -0.2) is 15.5 Å². The van der Waals surface area contributed by atoms with Gasteiger partial charge in [0.1, 0.15) is 11.9 Å². The van der Waals surface area contributed by atoms with Crippen LogP contribution in [0.4, 0.5) is 15.8 Å². The summed E-state index contributed by atoms with van der Waals surface area (Å²) in [4.78, 5) is 15.6. The molecule has 0 saturated carbocycles. The highest BCUT2D eigenvalue weighted by atomic mass is 19.1. The minimum absolute atomic E-state index is 0.00937. The molecule has 0 atom stereocenters. The number of benzene rings is 1. The van der Waals surface area contributed by atoms with E-state index in [0.717, 1.165) is 0 Å². The van der Waals surface area contributed by atoms with Gasteiger partial charge in [-0.2, -0.15) is 5.26 Å². The van der Waals surface area contributed by atoms with Gasteiger partial charge in [0, 0.05) is 31.0 Å². The van der Waals surface area contributed by atoms with Crippen LogP contribution in [0.1, 0.15) is 18.7 Å². The summed E-state index contributed by atoms with van der Waals surface area (Å²) in [5, 5.41) is 11.4. The zero-order chi connectivity index (χ0) is 15.2. The van der Waals surface area contributed by atoms with Crippen molar-refractivity contribution in [3.05, 3.63) is 42.2 Å². The third-order valence-electron chi connectivity index (χ3n) is 2.90. The maximum absolute atomic E-state index is 13.0. The lowest BCUT2D eigenvalue weighted by atomic mass is 10.2. The number of aryl methyl sites for hydroxylation is 1. The Hall–Kier alpha value is -2.88. The second kappa shape index (κ2) is 6.52. The molecule has 1 aromatic heterocycles. The number of hydrogen-bond donors (Lipinski definition) is 2. The smallest absolute Gasteiger partial charge is 0.224 e. The van der Waals surface area contributed by atoms with Gasteiger partial charge in [0.25, 0.3) is 0 Å². The van der Waals surface area contributed by atoms with Crippen molar-refractivity contribution >= 4 is 17.3 Å². The highest BCUT2D eigenvalue weighted by molar-refractivity contribution is 5.91. The number of nitriles is 1. The Labute approximate surface area is 121 Å². The van der Waals surface area contributed by atoms with Crippen molar-refractivity contribution < 1.29 is 9.18 Å². The summed E-state index contributed by atoms with van der Waals surface area (Å²) in [6, 6.07) is 5.99. The molecule has 7 heteroatoms. The summed E-state index contributed by atoms with van der Waals surface area (Å²) < 4.78 is 14.7. The lowest BCUT2D eigenvalue weighted by Crippen LogP contribution is -2.13. The van der Waals surface area contributed by atoms with E-state index < -0.39 is 5.82 Å². The first kappa shape index (κ1) is 14.5. The van der Waals surface area contributed by atoms with E-state index in [1.54, 1.807) is 17.0 Å². The molecular weight excluding hydrogens is 273 g/mol. The molecule has 3 N–H and O–H groups in total. The average Bonchev–Trinajstić information content (AvgIpc) is 2.90. The molecule has 0 bridgehead atoms. The van der Waals surface area contributed by atoms with Crippen LogP contribution in [0.5, 0.6) is 0 Å². The molecule has 6 nitrogen and oxygen atoms in total. The van der Waals surface area contributed by atoms with Gasteiger partial charge >= 0.3 is 0 Å². The predicted molar refractivity (Wildman–Crippen MR) is 75.6 cm³/mol. The second-order valence-electron chi connectivity index (χ2n) is 4.44. The number of nitrogens with two attached hydrogens (primary N) is 1. The molecule has 0 unspecified atom stereocenters. The summed E-state index contributed by atoms with van der Waals surface area (Å²) in [6.07, 6.45) is 4.07. The second-order valence-corrected chi connectivity index (χ2v) is 4.44. The zero-order valence-electron chi connectivity index (χ0n) is 11.2. The van der Waals surface area contributed by atoms with Crippen LogP contribution in [-0.2, 0) is 11.3 Å². The van der Waals surface area contributed by atoms with Gasteiger partial charge in [-0.25, -0.2) is 9.37 Å². The zero-order valence-corrected chi connectivity index (χ0v) is 11.2. The first-order valence-electron chi connectivity index (χ1n) is 6.36. The van der Waals surface area contributed by atoms with E-state index >= 15 is 0 Å². The number of nitrogen functional groups attached to an aromatic ring is 1. The van der Waals surface area contributed by atoms with Gasteiger partial charge in [0.05, 0.1) is 5.69 Å². The fourth-order valence-corrected chi connectivity index (χ4v) is 1.86. The quantitative estimate of drug-likeness (QED) is 0.821. The van der Waals surface area contributed by atoms with Gasteiger partial charge in [0.15, 0.2) is 0 Å². The number of amides is 1. The normalized spacial score (nSPS) is 10.1. The number of carbonyl (C=O) groups excluding carboxylic acids is 1. The summed E-state index contributed by atoms with van der Waals surface area (Å²) in [7, 11) is 0. The molecule has 2 aromatic rings. The number of nitrogens with zero attached hydrogens (tertiary/aromatic N) is 3. The van der Waals surface area contributed by atoms with E-state index in [9.17, 15) is 9.18 Å². The highest BCUT2D eigenvalue weighted by Crippen LogP contribution is 2.16. The molecule has 21 heavy (non-hydrogen) atoms. The van der Waals surface area contributed by atoms with Crippen molar-refractivity contribution in [1.29, 1.82) is 5.26 Å². The van der Waals surface area contributed by atoms with Crippen LogP contribution in [0.25, 0.3) is 0 Å². The largest absolute Gasteiger partial charge is 0.396 e. The molecule has 0 spiro atoms. The topological polar surface area (TPSA) is 96.7 Å². The number of halogens is 1. The van der Waals surface area contributed by atoms with E-state index in [-0.39, 0.29) is 18.0 Å². The molecule has 2 rings (SSSR count). The molecule has 0 fully saturated rings. The molecule has 0 aliphatic rings. The third-order valence-corrected chi connectivity index (χ3v) is 2.90. The maximum atomic E-state index is 13.0. The van der Waals surface area contributed by atoms with Crippen molar-refractivity contribution in [3.63, 3.8) is 0 Å². The average molecular weight is 287 g/mol. The Kier molecular flexibility index (Phi) is 4.51. The molecule has 0 aliphatic carbocycles. The van der Waals surface area contributed by atoms with Gasteiger partial charge in [-0.1, -0.05) is 0 Å². The van der Waals surface area contributed by atoms with E-state index in [4.69, 9.17) is 11.0 Å². The molecular formula is C14H14FN5O. The van der Waals surface area contributed by atoms with E-state index in [2.05, 4.69) is 10.3 Å². The number of aromatic nitrogens is 2. The SMILES string of the molecule is N#Cc1nccn1CCCC(=O)Nc1ccc(F)c(N)c1. The third kappa shape index (κ3) is 3.79. The van der Waals surface area contributed by atoms with E-state index in [0.29, 0.717) is 24.5 Å². The van der Waals surface area contributed by atoms with Crippen LogP contribution in [0.15, 0.2) is 30.6 Å². The fourth-order valence-electron chi connectivity index (χ4n) is 1.86. The van der Waals surface area contributed by atoms with Crippen LogP contribution in [0.3, 0.4) is 0 Å². The Morgan fingerprint density at radius 1 is 1.52 bits per heavy atom. The monoisotopic (exact) mass is 287 g/mol. The molecule has 1 aromatic carbocycles. The van der Waals surface area contributed by atoms with Crippen molar-refractivity contribution in [1.82, 2.24) is 9.55 Å². The lowest BCUT2D eigenvalue weighted by molar-refractivity contribution is -0.116. The molecule has 1 amide bonds. The number of anilines is 2. The van der Waals surface area contributed by atoms with Crippen molar-refractivity contribution in [2.75, 3.05) is 11.1 Å². The van der Waals surface area contributed by atoms with Crippen LogP contribution in [0, 0.1) is 17.1 Å². The maximum Gasteiger partial charge on any atom is 0.224 e. The highest BCUT2D eigenvalue weighted by Gasteiger charge is 2.06. The summed E-state index contributed by atoms with van der Waals surface area (Å²) in [6.45, 7) is 0.530. The standard InChI is InChI=1S/C14H14FN5O/c15-11-4-3-10(8-12(11)17)19-14(21)2-1-6-20-7-5-18-13(20)9-16/h3-5,7-8H,1-2,6,17H2,(H,19,21). The minimum atomic E-state index is -0.517. The van der Waals surface area contributed by atoms with E-state index in [1.165, 1.54) is 18.2 Å². The molecule has 0 radical (unpaired) electrons. The van der Waals surface area contributed by atoms with Gasteiger partial charge < -0.3 is 15.6 Å². The number of imidazole rings is 1. The first-order valence-corrected chi connectivity index (χ1v) is 6.36. The van der Waals surface area contributed by atoms with Gasteiger partial charge in [-0.15, -0.1) is 0 Å². The summed E-state index contributed by atoms with van der Waals surface area (Å²) in [5.74, 6) is -0.390.